The van der Waals surface area contributed by atoms with Crippen molar-refractivity contribution in [2.24, 2.45) is 0 Å². The van der Waals surface area contributed by atoms with Gasteiger partial charge < -0.3 is 19.9 Å². The molecule has 0 spiro atoms. The number of carboxylic acids is 1. The van der Waals surface area contributed by atoms with Gasteiger partial charge in [0.2, 0.25) is 5.88 Å². The minimum Gasteiger partial charge on any atom is -0.506 e. The van der Waals surface area contributed by atoms with E-state index in [1.165, 1.54) is 12.1 Å². The van der Waals surface area contributed by atoms with Crippen LogP contribution in [0, 0.1) is 6.92 Å². The van der Waals surface area contributed by atoms with Crippen LogP contribution in [0.25, 0.3) is 10.9 Å². The minimum absolute atomic E-state index is 0.00547. The molecule has 6 heteroatoms. The second-order valence-corrected chi connectivity index (χ2v) is 4.67. The number of phenols is 1. The summed E-state index contributed by atoms with van der Waals surface area (Å²) in [5.41, 5.74) is 1.37. The number of pyridine rings is 1. The van der Waals surface area contributed by atoms with E-state index in [0.29, 0.717) is 22.5 Å². The molecule has 1 aromatic carbocycles. The number of hydrogen-bond acceptors (Lipinski definition) is 4. The van der Waals surface area contributed by atoms with Gasteiger partial charge >= 0.3 is 5.97 Å². The van der Waals surface area contributed by atoms with Gasteiger partial charge in [0.25, 0.3) is 0 Å². The molecule has 106 valence electrons. The third-order valence-corrected chi connectivity index (χ3v) is 3.02. The third kappa shape index (κ3) is 2.51. The van der Waals surface area contributed by atoms with Crippen LogP contribution in [0.2, 0.25) is 0 Å². The molecule has 0 aliphatic carbocycles. The second kappa shape index (κ2) is 4.82. The summed E-state index contributed by atoms with van der Waals surface area (Å²) < 4.78 is 5.56. The Morgan fingerprint density at radius 3 is 2.76 bits per heavy atom. The Balaban J connectivity index is 1.99. The highest BCUT2D eigenvalue weighted by atomic mass is 16.5. The Bertz CT molecular complexity index is 822. The van der Waals surface area contributed by atoms with Crippen molar-refractivity contribution < 1.29 is 19.7 Å². The van der Waals surface area contributed by atoms with Crippen molar-refractivity contribution in [2.45, 2.75) is 6.92 Å². The molecule has 21 heavy (non-hydrogen) atoms. The largest absolute Gasteiger partial charge is 0.506 e. The number of hydrogen-bond donors (Lipinski definition) is 3. The number of benzene rings is 1. The fraction of sp³-hybridized carbons (Fsp3) is 0.0667. The van der Waals surface area contributed by atoms with Crippen molar-refractivity contribution in [3.63, 3.8) is 0 Å². The zero-order chi connectivity index (χ0) is 15.0. The van der Waals surface area contributed by atoms with Gasteiger partial charge in [0.1, 0.15) is 17.2 Å². The molecule has 0 amide bonds. The third-order valence-electron chi connectivity index (χ3n) is 3.02. The lowest BCUT2D eigenvalue weighted by atomic mass is 10.2. The van der Waals surface area contributed by atoms with Crippen molar-refractivity contribution in [3.8, 4) is 17.4 Å². The van der Waals surface area contributed by atoms with Gasteiger partial charge in [0.15, 0.2) is 0 Å². The Kier molecular flexibility index (Phi) is 2.98. The normalized spacial score (nSPS) is 10.7. The van der Waals surface area contributed by atoms with E-state index in [1.54, 1.807) is 18.3 Å². The van der Waals surface area contributed by atoms with Crippen molar-refractivity contribution >= 4 is 16.9 Å². The van der Waals surface area contributed by atoms with Crippen molar-refractivity contribution in [2.75, 3.05) is 0 Å². The molecular weight excluding hydrogens is 272 g/mol. The summed E-state index contributed by atoms with van der Waals surface area (Å²) in [7, 11) is 0. The number of aromatic carboxylic acids is 1. The van der Waals surface area contributed by atoms with Crippen LogP contribution < -0.4 is 4.74 Å². The number of fused-ring (bicyclic) bond motifs is 1. The summed E-state index contributed by atoms with van der Waals surface area (Å²) in [5, 5.41) is 19.4. The summed E-state index contributed by atoms with van der Waals surface area (Å²) in [6.45, 7) is 1.92. The predicted molar refractivity (Wildman–Crippen MR) is 76.0 cm³/mol. The molecular formula is C15H12N2O4. The molecule has 2 aromatic heterocycles. The van der Waals surface area contributed by atoms with Crippen LogP contribution in [0.4, 0.5) is 0 Å². The molecule has 0 saturated heterocycles. The number of ether oxygens (including phenoxy) is 1. The molecule has 0 saturated carbocycles. The minimum atomic E-state index is -1.09. The molecule has 3 rings (SSSR count). The highest BCUT2D eigenvalue weighted by Gasteiger charge is 2.12. The topological polar surface area (TPSA) is 95.4 Å². The number of carboxylic acid groups (broad SMARTS) is 1. The lowest BCUT2D eigenvalue weighted by molar-refractivity contribution is 0.0691. The zero-order valence-electron chi connectivity index (χ0n) is 11.1. The lowest BCUT2D eigenvalue weighted by Gasteiger charge is -2.06. The average Bonchev–Trinajstić information content (AvgIpc) is 2.86. The zero-order valence-corrected chi connectivity index (χ0v) is 11.1. The van der Waals surface area contributed by atoms with Crippen LogP contribution in [-0.4, -0.2) is 26.2 Å². The van der Waals surface area contributed by atoms with Crippen LogP contribution in [0.3, 0.4) is 0 Å². The molecule has 3 aromatic rings. The van der Waals surface area contributed by atoms with Crippen LogP contribution in [0.1, 0.15) is 16.1 Å². The number of nitrogens with zero attached hydrogens (tertiary/aromatic N) is 1. The molecule has 6 nitrogen and oxygen atoms in total. The number of H-pyrrole nitrogens is 1. The van der Waals surface area contributed by atoms with Gasteiger partial charge in [-0.3, -0.25) is 0 Å². The molecule has 0 fully saturated rings. The summed E-state index contributed by atoms with van der Waals surface area (Å²) in [6.07, 6.45) is 1.67. The summed E-state index contributed by atoms with van der Waals surface area (Å²) in [5.74, 6) is -0.393. The number of aromatic amines is 1. The number of rotatable bonds is 3. The maximum Gasteiger partial charge on any atom is 0.352 e. The molecule has 3 N–H and O–H groups in total. The molecule has 0 radical (unpaired) electrons. The molecule has 0 atom stereocenters. The number of aromatic hydroxyl groups is 1. The highest BCUT2D eigenvalue weighted by molar-refractivity contribution is 5.96. The molecule has 0 aliphatic rings. The molecule has 0 bridgehead atoms. The van der Waals surface area contributed by atoms with E-state index in [1.807, 2.05) is 13.0 Å². The van der Waals surface area contributed by atoms with E-state index in [0.717, 1.165) is 5.56 Å². The Labute approximate surface area is 119 Å². The maximum absolute atomic E-state index is 10.9. The SMILES string of the molecule is Cc1ccc(Oc2cc(O)c3[nH]c(C(=O)O)cc3c2)nc1. The van der Waals surface area contributed by atoms with Gasteiger partial charge in [-0.25, -0.2) is 9.78 Å². The smallest absolute Gasteiger partial charge is 0.352 e. The number of aromatic nitrogens is 2. The monoisotopic (exact) mass is 284 g/mol. The maximum atomic E-state index is 10.9. The molecule has 0 unspecified atom stereocenters. The summed E-state index contributed by atoms with van der Waals surface area (Å²) >= 11 is 0. The summed E-state index contributed by atoms with van der Waals surface area (Å²) in [6, 6.07) is 8.06. The Morgan fingerprint density at radius 1 is 1.29 bits per heavy atom. The van der Waals surface area contributed by atoms with Crippen LogP contribution >= 0.6 is 0 Å². The first-order chi connectivity index (χ1) is 10.0. The van der Waals surface area contributed by atoms with Crippen LogP contribution in [0.5, 0.6) is 17.4 Å². The number of nitrogens with one attached hydrogen (secondary N) is 1. The summed E-state index contributed by atoms with van der Waals surface area (Å²) in [4.78, 5) is 17.7. The average molecular weight is 284 g/mol. The van der Waals surface area contributed by atoms with Gasteiger partial charge in [0, 0.05) is 23.7 Å². The fourth-order valence-electron chi connectivity index (χ4n) is 2.01. The first-order valence-corrected chi connectivity index (χ1v) is 6.22. The molecule has 2 heterocycles. The first kappa shape index (κ1) is 13.0. The van der Waals surface area contributed by atoms with Gasteiger partial charge in [-0.15, -0.1) is 0 Å². The van der Waals surface area contributed by atoms with Gasteiger partial charge in [-0.2, -0.15) is 0 Å². The van der Waals surface area contributed by atoms with E-state index < -0.39 is 5.97 Å². The van der Waals surface area contributed by atoms with Crippen LogP contribution in [-0.2, 0) is 0 Å². The molecule has 0 aliphatic heterocycles. The lowest BCUT2D eigenvalue weighted by Crippen LogP contribution is -1.94. The quantitative estimate of drug-likeness (QED) is 0.687. The standard InChI is InChI=1S/C15H12N2O4/c1-8-2-3-13(16-7-8)21-10-4-9-5-11(15(19)20)17-14(9)12(18)6-10/h2-7,17-18H,1H3,(H,19,20). The Hall–Kier alpha value is -3.02. The second-order valence-electron chi connectivity index (χ2n) is 4.67. The van der Waals surface area contributed by atoms with Crippen LogP contribution in [0.15, 0.2) is 36.5 Å². The van der Waals surface area contributed by atoms with E-state index in [4.69, 9.17) is 9.84 Å². The fourth-order valence-corrected chi connectivity index (χ4v) is 2.01. The number of carbonyl (C=O) groups is 1. The van der Waals surface area contributed by atoms with Gasteiger partial charge in [-0.05, 0) is 24.6 Å². The van der Waals surface area contributed by atoms with Gasteiger partial charge in [-0.1, -0.05) is 6.07 Å². The van der Waals surface area contributed by atoms with E-state index in [9.17, 15) is 9.90 Å². The number of aryl methyl sites for hydroxylation is 1. The van der Waals surface area contributed by atoms with Crippen molar-refractivity contribution in [1.82, 2.24) is 9.97 Å². The van der Waals surface area contributed by atoms with E-state index in [2.05, 4.69) is 9.97 Å². The van der Waals surface area contributed by atoms with E-state index >= 15 is 0 Å². The van der Waals surface area contributed by atoms with Gasteiger partial charge in [0.05, 0.1) is 5.52 Å². The highest BCUT2D eigenvalue weighted by Crippen LogP contribution is 2.32. The Morgan fingerprint density at radius 2 is 2.10 bits per heavy atom. The first-order valence-electron chi connectivity index (χ1n) is 6.22. The van der Waals surface area contributed by atoms with Crippen molar-refractivity contribution in [3.05, 3.63) is 47.8 Å². The predicted octanol–water partition coefficient (Wildman–Crippen LogP) is 3.07. The number of phenolic OH excluding ortho intramolecular Hbond substituents is 1. The van der Waals surface area contributed by atoms with E-state index in [-0.39, 0.29) is 11.4 Å². The van der Waals surface area contributed by atoms with Crippen molar-refractivity contribution in [1.29, 1.82) is 0 Å².